The van der Waals surface area contributed by atoms with Crippen LogP contribution in [0, 0.1) is 5.82 Å². The molecule has 0 spiro atoms. The summed E-state index contributed by atoms with van der Waals surface area (Å²) in [6, 6.07) is 14.1. The average Bonchev–Trinajstić information content (AvgIpc) is 2.62. The number of halogens is 1. The lowest BCUT2D eigenvalue weighted by atomic mass is 9.82. The molecule has 0 amide bonds. The lowest BCUT2D eigenvalue weighted by Gasteiger charge is -2.33. The Hall–Kier alpha value is -2.59. The predicted octanol–water partition coefficient (Wildman–Crippen LogP) is 3.75. The van der Waals surface area contributed by atoms with Crippen molar-refractivity contribution in [1.29, 1.82) is 0 Å². The monoisotopic (exact) mass is 308 g/mol. The van der Waals surface area contributed by atoms with Crippen LogP contribution in [0.3, 0.4) is 0 Å². The van der Waals surface area contributed by atoms with E-state index in [2.05, 4.69) is 9.97 Å². The predicted molar refractivity (Wildman–Crippen MR) is 86.4 cm³/mol. The van der Waals surface area contributed by atoms with Gasteiger partial charge in [0, 0.05) is 43.9 Å². The summed E-state index contributed by atoms with van der Waals surface area (Å²) in [6.45, 7) is 0. The summed E-state index contributed by atoms with van der Waals surface area (Å²) in [4.78, 5) is 8.39. The van der Waals surface area contributed by atoms with Crippen molar-refractivity contribution in [3.8, 4) is 0 Å². The molecule has 3 nitrogen and oxygen atoms in total. The van der Waals surface area contributed by atoms with Crippen LogP contribution in [0.15, 0.2) is 73.3 Å². The number of hydrogen-bond acceptors (Lipinski definition) is 3. The molecule has 3 aromatic rings. The van der Waals surface area contributed by atoms with Gasteiger partial charge in [-0.25, -0.2) is 4.39 Å². The van der Waals surface area contributed by atoms with Gasteiger partial charge in [0.05, 0.1) is 0 Å². The third kappa shape index (κ3) is 3.12. The third-order valence-electron chi connectivity index (χ3n) is 3.96. The minimum absolute atomic E-state index is 0.272. The van der Waals surface area contributed by atoms with Gasteiger partial charge in [-0.05, 0) is 35.4 Å². The van der Waals surface area contributed by atoms with E-state index in [1.54, 1.807) is 37.8 Å². The third-order valence-corrected chi connectivity index (χ3v) is 3.96. The topological polar surface area (TPSA) is 35.0 Å². The molecule has 0 aliphatic heterocycles. The minimum atomic E-state index is -0.745. The molecule has 23 heavy (non-hydrogen) atoms. The molecule has 1 atom stereocenters. The molecule has 0 aliphatic rings. The van der Waals surface area contributed by atoms with Crippen LogP contribution in [0.4, 0.5) is 4.39 Å². The average molecular weight is 308 g/mol. The van der Waals surface area contributed by atoms with E-state index < -0.39 is 5.60 Å². The maximum absolute atomic E-state index is 13.3. The highest BCUT2D eigenvalue weighted by molar-refractivity contribution is 5.37. The number of rotatable bonds is 5. The van der Waals surface area contributed by atoms with Crippen LogP contribution in [0.25, 0.3) is 0 Å². The SMILES string of the molecule is COC(Cc1cccnc1)(c1ccc(F)cc1)c1cccnc1. The Kier molecular flexibility index (Phi) is 4.44. The van der Waals surface area contributed by atoms with Crippen LogP contribution >= 0.6 is 0 Å². The summed E-state index contributed by atoms with van der Waals surface area (Å²) in [5.41, 5.74) is 2.07. The Labute approximate surface area is 134 Å². The molecule has 2 aromatic heterocycles. The zero-order valence-electron chi connectivity index (χ0n) is 12.8. The van der Waals surface area contributed by atoms with Crippen LogP contribution in [-0.2, 0) is 16.8 Å². The standard InChI is InChI=1S/C19H17FN2O/c1-23-19(17-5-3-11-22-14-17,12-15-4-2-10-21-13-15)16-6-8-18(20)9-7-16/h2-11,13-14H,12H2,1H3. The van der Waals surface area contributed by atoms with Crippen molar-refractivity contribution in [3.05, 3.63) is 95.8 Å². The lowest BCUT2D eigenvalue weighted by molar-refractivity contribution is 0.0218. The molecular formula is C19H17FN2O. The van der Waals surface area contributed by atoms with Crippen molar-refractivity contribution in [1.82, 2.24) is 9.97 Å². The van der Waals surface area contributed by atoms with Gasteiger partial charge in [-0.15, -0.1) is 0 Å². The second-order valence-corrected chi connectivity index (χ2v) is 5.32. The summed E-state index contributed by atoms with van der Waals surface area (Å²) in [7, 11) is 1.66. The summed E-state index contributed by atoms with van der Waals surface area (Å²) in [5, 5.41) is 0. The minimum Gasteiger partial charge on any atom is -0.368 e. The molecule has 116 valence electrons. The molecule has 0 N–H and O–H groups in total. The molecule has 1 aromatic carbocycles. The van der Waals surface area contributed by atoms with E-state index >= 15 is 0 Å². The molecule has 4 heteroatoms. The van der Waals surface area contributed by atoms with E-state index in [1.165, 1.54) is 12.1 Å². The summed E-state index contributed by atoms with van der Waals surface area (Å²) in [6.07, 6.45) is 7.63. The maximum atomic E-state index is 13.3. The highest BCUT2D eigenvalue weighted by Crippen LogP contribution is 2.36. The molecule has 1 unspecified atom stereocenters. The first-order chi connectivity index (χ1) is 11.2. The Morgan fingerprint density at radius 2 is 1.61 bits per heavy atom. The van der Waals surface area contributed by atoms with Gasteiger partial charge < -0.3 is 4.74 Å². The number of benzene rings is 1. The van der Waals surface area contributed by atoms with E-state index in [1.807, 2.05) is 30.5 Å². The van der Waals surface area contributed by atoms with Crippen LogP contribution in [0.2, 0.25) is 0 Å². The van der Waals surface area contributed by atoms with Gasteiger partial charge in [0.25, 0.3) is 0 Å². The van der Waals surface area contributed by atoms with E-state index in [4.69, 9.17) is 4.74 Å². The fraction of sp³-hybridized carbons (Fsp3) is 0.158. The molecule has 0 radical (unpaired) electrons. The summed E-state index contributed by atoms with van der Waals surface area (Å²) >= 11 is 0. The Bertz CT molecular complexity index is 747. The second kappa shape index (κ2) is 6.67. The fourth-order valence-electron chi connectivity index (χ4n) is 2.79. The van der Waals surface area contributed by atoms with Crippen LogP contribution in [0.5, 0.6) is 0 Å². The van der Waals surface area contributed by atoms with Crippen LogP contribution in [0.1, 0.15) is 16.7 Å². The van der Waals surface area contributed by atoms with Gasteiger partial charge in [0.15, 0.2) is 0 Å². The highest BCUT2D eigenvalue weighted by atomic mass is 19.1. The molecule has 0 saturated heterocycles. The van der Waals surface area contributed by atoms with Gasteiger partial charge in [-0.2, -0.15) is 0 Å². The van der Waals surface area contributed by atoms with Gasteiger partial charge in [0.2, 0.25) is 0 Å². The lowest BCUT2D eigenvalue weighted by Crippen LogP contribution is -2.33. The molecule has 3 rings (SSSR count). The first-order valence-electron chi connectivity index (χ1n) is 7.35. The zero-order valence-corrected chi connectivity index (χ0v) is 12.8. The molecule has 0 aliphatic carbocycles. The highest BCUT2D eigenvalue weighted by Gasteiger charge is 2.35. The van der Waals surface area contributed by atoms with Gasteiger partial charge in [-0.3, -0.25) is 9.97 Å². The number of aromatic nitrogens is 2. The van der Waals surface area contributed by atoms with Crippen molar-refractivity contribution >= 4 is 0 Å². The number of pyridine rings is 2. The van der Waals surface area contributed by atoms with Crippen molar-refractivity contribution < 1.29 is 9.13 Å². The molecule has 0 saturated carbocycles. The van der Waals surface area contributed by atoms with E-state index in [9.17, 15) is 4.39 Å². The first kappa shape index (κ1) is 15.3. The maximum Gasteiger partial charge on any atom is 0.123 e. The normalized spacial score (nSPS) is 13.5. The fourth-order valence-corrected chi connectivity index (χ4v) is 2.79. The smallest absolute Gasteiger partial charge is 0.123 e. The molecule has 0 bridgehead atoms. The van der Waals surface area contributed by atoms with E-state index in [0.29, 0.717) is 6.42 Å². The van der Waals surface area contributed by atoms with Crippen molar-refractivity contribution in [2.45, 2.75) is 12.0 Å². The Morgan fingerprint density at radius 1 is 0.913 bits per heavy atom. The summed E-state index contributed by atoms with van der Waals surface area (Å²) in [5.74, 6) is -0.272. The van der Waals surface area contributed by atoms with Crippen LogP contribution < -0.4 is 0 Å². The van der Waals surface area contributed by atoms with Gasteiger partial charge in [-0.1, -0.05) is 24.3 Å². The van der Waals surface area contributed by atoms with Gasteiger partial charge in [0.1, 0.15) is 11.4 Å². The summed E-state index contributed by atoms with van der Waals surface area (Å²) < 4.78 is 19.3. The van der Waals surface area contributed by atoms with Crippen molar-refractivity contribution in [2.24, 2.45) is 0 Å². The number of methoxy groups -OCH3 is 1. The number of ether oxygens (including phenoxy) is 1. The Balaban J connectivity index is 2.13. The quantitative estimate of drug-likeness (QED) is 0.720. The molecule has 2 heterocycles. The second-order valence-electron chi connectivity index (χ2n) is 5.32. The zero-order chi connectivity index (χ0) is 16.1. The number of nitrogens with zero attached hydrogens (tertiary/aromatic N) is 2. The molecular weight excluding hydrogens is 291 g/mol. The first-order valence-corrected chi connectivity index (χ1v) is 7.35. The molecule has 0 fully saturated rings. The van der Waals surface area contributed by atoms with Crippen molar-refractivity contribution in [3.63, 3.8) is 0 Å². The van der Waals surface area contributed by atoms with E-state index in [-0.39, 0.29) is 5.82 Å². The van der Waals surface area contributed by atoms with Crippen molar-refractivity contribution in [2.75, 3.05) is 7.11 Å². The van der Waals surface area contributed by atoms with Gasteiger partial charge >= 0.3 is 0 Å². The van der Waals surface area contributed by atoms with E-state index in [0.717, 1.165) is 16.7 Å². The van der Waals surface area contributed by atoms with Crippen LogP contribution in [-0.4, -0.2) is 17.1 Å². The number of hydrogen-bond donors (Lipinski definition) is 0. The largest absolute Gasteiger partial charge is 0.368 e. The Morgan fingerprint density at radius 3 is 2.17 bits per heavy atom.